The highest BCUT2D eigenvalue weighted by molar-refractivity contribution is 9.11. The van der Waals surface area contributed by atoms with Crippen molar-refractivity contribution in [2.24, 2.45) is 0 Å². The summed E-state index contributed by atoms with van der Waals surface area (Å²) in [6.45, 7) is 2.36. The lowest BCUT2D eigenvalue weighted by Crippen LogP contribution is -2.29. The second-order valence-corrected chi connectivity index (χ2v) is 3.00. The highest BCUT2D eigenvalue weighted by Crippen LogP contribution is 2.24. The van der Waals surface area contributed by atoms with Gasteiger partial charge >= 0.3 is 0 Å². The lowest BCUT2D eigenvalue weighted by Gasteiger charge is -2.14. The number of hydrogen-bond donors (Lipinski definition) is 2. The summed E-state index contributed by atoms with van der Waals surface area (Å²) >= 11 is 3.21. The van der Waals surface area contributed by atoms with Crippen molar-refractivity contribution in [3.63, 3.8) is 0 Å². The Bertz CT molecular complexity index is 130. The molecule has 0 aliphatic carbocycles. The Morgan fingerprint density at radius 1 is 2.00 bits per heavy atom. The first-order valence-corrected chi connectivity index (χ1v) is 3.24. The van der Waals surface area contributed by atoms with Crippen LogP contribution in [0.25, 0.3) is 0 Å². The van der Waals surface area contributed by atoms with E-state index in [2.05, 4.69) is 21.2 Å². The summed E-state index contributed by atoms with van der Waals surface area (Å²) in [6.07, 6.45) is 1.76. The molecule has 1 unspecified atom stereocenters. The minimum absolute atomic E-state index is 0.605. The number of β-amino-alcohol motifs (C(OH)–C–C–N with tert-alkyl or cyclic N) is 1. The van der Waals surface area contributed by atoms with E-state index in [0.29, 0.717) is 6.54 Å². The minimum atomic E-state index is -0.681. The average Bonchev–Trinajstić information content (AvgIpc) is 1.86. The lowest BCUT2D eigenvalue weighted by atomic mass is 10.1. The summed E-state index contributed by atoms with van der Waals surface area (Å²) in [4.78, 5) is 0. The molecule has 0 amide bonds. The van der Waals surface area contributed by atoms with Crippen LogP contribution in [0.2, 0.25) is 0 Å². The summed E-state index contributed by atoms with van der Waals surface area (Å²) in [5.41, 5.74) is -0.681. The van der Waals surface area contributed by atoms with Crippen molar-refractivity contribution in [1.29, 1.82) is 0 Å². The van der Waals surface area contributed by atoms with Gasteiger partial charge in [-0.25, -0.2) is 0 Å². The monoisotopic (exact) mass is 177 g/mol. The van der Waals surface area contributed by atoms with Crippen LogP contribution < -0.4 is 5.32 Å². The average molecular weight is 178 g/mol. The Hall–Kier alpha value is -0.0200. The molecular formula is C5H8BrNO. The SMILES string of the molecule is CC1(O)CNC=C1Br. The Labute approximate surface area is 56.7 Å². The third-order valence-corrected chi connectivity index (χ3v) is 2.27. The Balaban J connectivity index is 2.73. The molecule has 0 bridgehead atoms. The van der Waals surface area contributed by atoms with Gasteiger partial charge in [-0.2, -0.15) is 0 Å². The smallest absolute Gasteiger partial charge is 0.112 e. The van der Waals surface area contributed by atoms with E-state index in [0.717, 1.165) is 4.48 Å². The molecule has 0 aromatic rings. The fourth-order valence-corrected chi connectivity index (χ4v) is 0.881. The summed E-state index contributed by atoms with van der Waals surface area (Å²) in [5.74, 6) is 0. The van der Waals surface area contributed by atoms with Crippen LogP contribution in [0.15, 0.2) is 10.7 Å². The molecule has 0 spiro atoms. The maximum atomic E-state index is 9.29. The molecule has 1 aliphatic rings. The van der Waals surface area contributed by atoms with E-state index in [4.69, 9.17) is 0 Å². The number of hydrogen-bond acceptors (Lipinski definition) is 2. The van der Waals surface area contributed by atoms with Gasteiger partial charge in [-0.3, -0.25) is 0 Å². The van der Waals surface area contributed by atoms with Crippen LogP contribution in [0.3, 0.4) is 0 Å². The van der Waals surface area contributed by atoms with Gasteiger partial charge in [0.2, 0.25) is 0 Å². The minimum Gasteiger partial charge on any atom is -0.387 e. The van der Waals surface area contributed by atoms with Crippen molar-refractivity contribution < 1.29 is 5.11 Å². The summed E-state index contributed by atoms with van der Waals surface area (Å²) in [5, 5.41) is 12.2. The van der Waals surface area contributed by atoms with E-state index >= 15 is 0 Å². The molecule has 3 heteroatoms. The Morgan fingerprint density at radius 2 is 2.62 bits per heavy atom. The van der Waals surface area contributed by atoms with E-state index in [9.17, 15) is 5.11 Å². The number of nitrogens with one attached hydrogen (secondary N) is 1. The van der Waals surface area contributed by atoms with Gasteiger partial charge in [0.25, 0.3) is 0 Å². The maximum absolute atomic E-state index is 9.29. The van der Waals surface area contributed by atoms with E-state index in [-0.39, 0.29) is 0 Å². The van der Waals surface area contributed by atoms with Crippen molar-refractivity contribution in [1.82, 2.24) is 5.32 Å². The van der Waals surface area contributed by atoms with Gasteiger partial charge in [0, 0.05) is 17.2 Å². The van der Waals surface area contributed by atoms with Crippen LogP contribution in [0, 0.1) is 0 Å². The molecule has 0 radical (unpaired) electrons. The largest absolute Gasteiger partial charge is 0.387 e. The highest BCUT2D eigenvalue weighted by atomic mass is 79.9. The maximum Gasteiger partial charge on any atom is 0.112 e. The third kappa shape index (κ3) is 0.880. The van der Waals surface area contributed by atoms with Gasteiger partial charge in [0.1, 0.15) is 5.60 Å². The molecule has 0 fully saturated rings. The van der Waals surface area contributed by atoms with E-state index in [1.54, 1.807) is 13.1 Å². The quantitative estimate of drug-likeness (QED) is 0.568. The zero-order valence-corrected chi connectivity index (χ0v) is 6.20. The van der Waals surface area contributed by atoms with Gasteiger partial charge in [-0.05, 0) is 6.92 Å². The molecule has 2 N–H and O–H groups in total. The van der Waals surface area contributed by atoms with E-state index < -0.39 is 5.60 Å². The van der Waals surface area contributed by atoms with Crippen LogP contribution >= 0.6 is 15.9 Å². The van der Waals surface area contributed by atoms with Gasteiger partial charge in [-0.15, -0.1) is 0 Å². The van der Waals surface area contributed by atoms with Crippen LogP contribution in [0.1, 0.15) is 6.92 Å². The first-order chi connectivity index (χ1) is 3.63. The molecule has 1 rings (SSSR count). The van der Waals surface area contributed by atoms with Crippen LogP contribution in [0.4, 0.5) is 0 Å². The molecule has 8 heavy (non-hydrogen) atoms. The van der Waals surface area contributed by atoms with Crippen molar-refractivity contribution in [2.45, 2.75) is 12.5 Å². The van der Waals surface area contributed by atoms with Crippen LogP contribution in [-0.4, -0.2) is 17.3 Å². The molecule has 2 nitrogen and oxygen atoms in total. The number of halogens is 1. The molecule has 0 saturated heterocycles. The molecule has 0 aromatic heterocycles. The van der Waals surface area contributed by atoms with Gasteiger partial charge < -0.3 is 10.4 Å². The fraction of sp³-hybridized carbons (Fsp3) is 0.600. The molecule has 46 valence electrons. The summed E-state index contributed by atoms with van der Waals surface area (Å²) in [7, 11) is 0. The molecular weight excluding hydrogens is 170 g/mol. The summed E-state index contributed by atoms with van der Waals surface area (Å²) < 4.78 is 0.824. The molecule has 1 aliphatic heterocycles. The van der Waals surface area contributed by atoms with Gasteiger partial charge in [0.05, 0.1) is 0 Å². The number of aliphatic hydroxyl groups is 1. The first kappa shape index (κ1) is 6.11. The molecule has 0 aromatic carbocycles. The normalized spacial score (nSPS) is 36.6. The zero-order chi connectivity index (χ0) is 6.20. The van der Waals surface area contributed by atoms with E-state index in [1.165, 1.54) is 0 Å². The predicted octanol–water partition coefficient (Wildman–Crippen LogP) is 0.577. The summed E-state index contributed by atoms with van der Waals surface area (Å²) in [6, 6.07) is 0. The Kier molecular flexibility index (Phi) is 1.33. The van der Waals surface area contributed by atoms with Crippen molar-refractivity contribution in [3.05, 3.63) is 10.7 Å². The fourth-order valence-electron chi connectivity index (χ4n) is 0.579. The second kappa shape index (κ2) is 1.74. The second-order valence-electron chi connectivity index (χ2n) is 2.15. The van der Waals surface area contributed by atoms with Crippen molar-refractivity contribution in [2.75, 3.05) is 6.54 Å². The molecule has 0 saturated carbocycles. The molecule has 1 heterocycles. The topological polar surface area (TPSA) is 32.3 Å². The van der Waals surface area contributed by atoms with E-state index in [1.807, 2.05) is 0 Å². The lowest BCUT2D eigenvalue weighted by molar-refractivity contribution is 0.121. The van der Waals surface area contributed by atoms with Gasteiger partial charge in [0.15, 0.2) is 0 Å². The first-order valence-electron chi connectivity index (χ1n) is 2.45. The Morgan fingerprint density at radius 3 is 2.75 bits per heavy atom. The highest BCUT2D eigenvalue weighted by Gasteiger charge is 2.27. The van der Waals surface area contributed by atoms with Crippen LogP contribution in [0.5, 0.6) is 0 Å². The predicted molar refractivity (Wildman–Crippen MR) is 35.6 cm³/mol. The number of rotatable bonds is 0. The standard InChI is InChI=1S/C5H8BrNO/c1-5(8)3-7-2-4(5)6/h2,7-8H,3H2,1H3. The molecule has 1 atom stereocenters. The van der Waals surface area contributed by atoms with Crippen molar-refractivity contribution in [3.8, 4) is 0 Å². The van der Waals surface area contributed by atoms with Crippen molar-refractivity contribution >= 4 is 15.9 Å². The van der Waals surface area contributed by atoms with Gasteiger partial charge in [-0.1, -0.05) is 15.9 Å². The third-order valence-electron chi connectivity index (χ3n) is 1.19. The van der Waals surface area contributed by atoms with Crippen LogP contribution in [-0.2, 0) is 0 Å². The zero-order valence-electron chi connectivity index (χ0n) is 4.61.